The molecule has 0 heterocycles. The fourth-order valence-corrected chi connectivity index (χ4v) is 1.73. The number of nitrogens with one attached hydrogen (secondary N) is 1. The molecular formula is C14H23ClN2O3. The van der Waals surface area contributed by atoms with Gasteiger partial charge >= 0.3 is 0 Å². The van der Waals surface area contributed by atoms with Crippen molar-refractivity contribution in [2.75, 3.05) is 20.8 Å². The Morgan fingerprint density at radius 3 is 2.60 bits per heavy atom. The lowest BCUT2D eigenvalue weighted by molar-refractivity contribution is -0.121. The van der Waals surface area contributed by atoms with Crippen LogP contribution in [0.25, 0.3) is 0 Å². The van der Waals surface area contributed by atoms with Crippen LogP contribution in [0.4, 0.5) is 0 Å². The first-order chi connectivity index (χ1) is 9.10. The van der Waals surface area contributed by atoms with E-state index in [1.54, 1.807) is 14.2 Å². The predicted molar refractivity (Wildman–Crippen MR) is 81.8 cm³/mol. The third kappa shape index (κ3) is 5.67. The zero-order valence-corrected chi connectivity index (χ0v) is 13.0. The van der Waals surface area contributed by atoms with Crippen LogP contribution in [0.2, 0.25) is 0 Å². The smallest absolute Gasteiger partial charge is 0.220 e. The molecule has 6 heteroatoms. The second-order valence-electron chi connectivity index (χ2n) is 4.38. The molecule has 0 aliphatic rings. The average molecular weight is 303 g/mol. The first-order valence-corrected chi connectivity index (χ1v) is 6.31. The van der Waals surface area contributed by atoms with Crippen molar-refractivity contribution < 1.29 is 14.3 Å². The number of carbonyl (C=O) groups excluding carboxylic acids is 1. The molecule has 1 amide bonds. The van der Waals surface area contributed by atoms with E-state index in [0.717, 1.165) is 17.1 Å². The van der Waals surface area contributed by atoms with Crippen molar-refractivity contribution in [3.63, 3.8) is 0 Å². The number of aryl methyl sites for hydroxylation is 1. The number of rotatable bonds is 7. The van der Waals surface area contributed by atoms with Gasteiger partial charge in [-0.1, -0.05) is 0 Å². The molecule has 1 atom stereocenters. The monoisotopic (exact) mass is 302 g/mol. The van der Waals surface area contributed by atoms with E-state index < -0.39 is 0 Å². The zero-order chi connectivity index (χ0) is 14.3. The van der Waals surface area contributed by atoms with Crippen LogP contribution in [0.3, 0.4) is 0 Å². The highest BCUT2D eigenvalue weighted by Crippen LogP contribution is 2.24. The summed E-state index contributed by atoms with van der Waals surface area (Å²) in [5.74, 6) is 1.51. The molecular weight excluding hydrogens is 280 g/mol. The Morgan fingerprint density at radius 2 is 2.05 bits per heavy atom. The highest BCUT2D eigenvalue weighted by Gasteiger charge is 2.09. The maximum Gasteiger partial charge on any atom is 0.220 e. The van der Waals surface area contributed by atoms with Gasteiger partial charge < -0.3 is 20.5 Å². The van der Waals surface area contributed by atoms with Crippen LogP contribution in [0, 0.1) is 0 Å². The van der Waals surface area contributed by atoms with Gasteiger partial charge in [0.25, 0.3) is 0 Å². The molecule has 1 aromatic carbocycles. The Kier molecular flexibility index (Phi) is 8.76. The van der Waals surface area contributed by atoms with Crippen molar-refractivity contribution in [1.29, 1.82) is 0 Å². The van der Waals surface area contributed by atoms with E-state index in [4.69, 9.17) is 15.2 Å². The minimum absolute atomic E-state index is 0. The molecule has 0 aromatic heterocycles. The quantitative estimate of drug-likeness (QED) is 0.801. The Labute approximate surface area is 126 Å². The van der Waals surface area contributed by atoms with Gasteiger partial charge in [0.05, 0.1) is 14.2 Å². The van der Waals surface area contributed by atoms with E-state index >= 15 is 0 Å². The molecule has 0 saturated carbocycles. The van der Waals surface area contributed by atoms with E-state index in [9.17, 15) is 4.79 Å². The van der Waals surface area contributed by atoms with Gasteiger partial charge in [-0.2, -0.15) is 0 Å². The van der Waals surface area contributed by atoms with Crippen LogP contribution in [0.1, 0.15) is 18.9 Å². The maximum atomic E-state index is 11.7. The van der Waals surface area contributed by atoms with Gasteiger partial charge in [0, 0.05) is 19.0 Å². The lowest BCUT2D eigenvalue weighted by Crippen LogP contribution is -2.37. The van der Waals surface area contributed by atoms with Crippen molar-refractivity contribution in [2.24, 2.45) is 5.73 Å². The summed E-state index contributed by atoms with van der Waals surface area (Å²) in [6, 6.07) is 5.56. The molecule has 3 N–H and O–H groups in total. The molecule has 114 valence electrons. The fraction of sp³-hybridized carbons (Fsp3) is 0.500. The Balaban J connectivity index is 0.00000361. The molecule has 0 aliphatic heterocycles. The van der Waals surface area contributed by atoms with E-state index in [1.807, 2.05) is 25.1 Å². The second-order valence-corrected chi connectivity index (χ2v) is 4.38. The fourth-order valence-electron chi connectivity index (χ4n) is 1.73. The van der Waals surface area contributed by atoms with Gasteiger partial charge in [-0.15, -0.1) is 12.4 Å². The van der Waals surface area contributed by atoms with Crippen LogP contribution in [-0.4, -0.2) is 32.7 Å². The van der Waals surface area contributed by atoms with Gasteiger partial charge in [-0.05, 0) is 37.1 Å². The molecule has 0 bridgehead atoms. The number of hydrogen-bond donors (Lipinski definition) is 2. The maximum absolute atomic E-state index is 11.7. The number of halogens is 1. The molecule has 0 radical (unpaired) electrons. The summed E-state index contributed by atoms with van der Waals surface area (Å²) in [7, 11) is 3.23. The largest absolute Gasteiger partial charge is 0.497 e. The summed E-state index contributed by atoms with van der Waals surface area (Å²) in [5.41, 5.74) is 6.42. The number of methoxy groups -OCH3 is 2. The molecule has 1 aromatic rings. The summed E-state index contributed by atoms with van der Waals surface area (Å²) < 4.78 is 10.4. The van der Waals surface area contributed by atoms with E-state index in [-0.39, 0.29) is 24.4 Å². The van der Waals surface area contributed by atoms with Gasteiger partial charge in [-0.25, -0.2) is 0 Å². The summed E-state index contributed by atoms with van der Waals surface area (Å²) in [6.45, 7) is 2.32. The molecule has 20 heavy (non-hydrogen) atoms. The minimum atomic E-state index is -0.0113. The lowest BCUT2D eigenvalue weighted by atomic mass is 10.1. The standard InChI is InChI=1S/C14H22N2O3.ClH/c1-10(9-15)16-14(17)7-4-11-8-12(18-2)5-6-13(11)19-3;/h5-6,8,10H,4,7,9,15H2,1-3H3,(H,16,17);1H/t10-;/m0./s1. The normalized spacial score (nSPS) is 11.2. The Morgan fingerprint density at radius 1 is 1.35 bits per heavy atom. The Bertz CT molecular complexity index is 427. The third-order valence-corrected chi connectivity index (χ3v) is 2.87. The van der Waals surface area contributed by atoms with Gasteiger partial charge in [-0.3, -0.25) is 4.79 Å². The summed E-state index contributed by atoms with van der Waals surface area (Å²) in [6.07, 6.45) is 0.997. The summed E-state index contributed by atoms with van der Waals surface area (Å²) in [5, 5.41) is 2.83. The lowest BCUT2D eigenvalue weighted by Gasteiger charge is -2.13. The topological polar surface area (TPSA) is 73.6 Å². The number of amides is 1. The Hall–Kier alpha value is -1.46. The van der Waals surface area contributed by atoms with Crippen molar-refractivity contribution in [2.45, 2.75) is 25.8 Å². The zero-order valence-electron chi connectivity index (χ0n) is 12.1. The van der Waals surface area contributed by atoms with Crippen LogP contribution < -0.4 is 20.5 Å². The van der Waals surface area contributed by atoms with Crippen molar-refractivity contribution in [3.8, 4) is 11.5 Å². The molecule has 0 unspecified atom stereocenters. The van der Waals surface area contributed by atoms with Gasteiger partial charge in [0.1, 0.15) is 11.5 Å². The van der Waals surface area contributed by atoms with Crippen LogP contribution in [-0.2, 0) is 11.2 Å². The minimum Gasteiger partial charge on any atom is -0.497 e. The van der Waals surface area contributed by atoms with E-state index in [0.29, 0.717) is 19.4 Å². The highest BCUT2D eigenvalue weighted by molar-refractivity contribution is 5.85. The summed E-state index contributed by atoms with van der Waals surface area (Å²) >= 11 is 0. The predicted octanol–water partition coefficient (Wildman–Crippen LogP) is 1.52. The number of ether oxygens (including phenoxy) is 2. The average Bonchev–Trinajstić information content (AvgIpc) is 2.44. The number of carbonyl (C=O) groups is 1. The van der Waals surface area contributed by atoms with Crippen LogP contribution >= 0.6 is 12.4 Å². The number of nitrogens with two attached hydrogens (primary N) is 1. The number of hydrogen-bond acceptors (Lipinski definition) is 4. The van der Waals surface area contributed by atoms with Crippen molar-refractivity contribution in [1.82, 2.24) is 5.32 Å². The SMILES string of the molecule is COc1ccc(OC)c(CCC(=O)N[C@@H](C)CN)c1.Cl. The van der Waals surface area contributed by atoms with Gasteiger partial charge in [0.2, 0.25) is 5.91 Å². The van der Waals surface area contributed by atoms with Crippen LogP contribution in [0.15, 0.2) is 18.2 Å². The molecule has 1 rings (SSSR count). The van der Waals surface area contributed by atoms with E-state index in [2.05, 4.69) is 5.32 Å². The van der Waals surface area contributed by atoms with Crippen molar-refractivity contribution >= 4 is 18.3 Å². The summed E-state index contributed by atoms with van der Waals surface area (Å²) in [4.78, 5) is 11.7. The van der Waals surface area contributed by atoms with Gasteiger partial charge in [0.15, 0.2) is 0 Å². The van der Waals surface area contributed by atoms with Crippen LogP contribution in [0.5, 0.6) is 11.5 Å². The molecule has 0 fully saturated rings. The van der Waals surface area contributed by atoms with E-state index in [1.165, 1.54) is 0 Å². The second kappa shape index (κ2) is 9.44. The molecule has 0 saturated heterocycles. The molecule has 0 aliphatic carbocycles. The first kappa shape index (κ1) is 18.5. The molecule has 5 nitrogen and oxygen atoms in total. The number of benzene rings is 1. The molecule has 0 spiro atoms. The third-order valence-electron chi connectivity index (χ3n) is 2.87. The highest BCUT2D eigenvalue weighted by atomic mass is 35.5. The first-order valence-electron chi connectivity index (χ1n) is 6.31. The van der Waals surface area contributed by atoms with Crippen molar-refractivity contribution in [3.05, 3.63) is 23.8 Å².